The van der Waals surface area contributed by atoms with Crippen LogP contribution in [0.3, 0.4) is 0 Å². The predicted molar refractivity (Wildman–Crippen MR) is 95.6 cm³/mol. The zero-order valence-electron chi connectivity index (χ0n) is 13.5. The zero-order chi connectivity index (χ0) is 17.1. The number of aromatic nitrogens is 6. The van der Waals surface area contributed by atoms with E-state index in [1.165, 1.54) is 0 Å². The topological polar surface area (TPSA) is 92.3 Å². The first-order chi connectivity index (χ1) is 12.3. The zero-order valence-corrected chi connectivity index (χ0v) is 13.5. The van der Waals surface area contributed by atoms with Gasteiger partial charge in [-0.2, -0.15) is 5.10 Å². The minimum Gasteiger partial charge on any atom is -0.371 e. The van der Waals surface area contributed by atoms with Gasteiger partial charge in [-0.15, -0.1) is 0 Å². The number of hydrogen-bond acceptors (Lipinski definition) is 6. The third-order valence-corrected chi connectivity index (χ3v) is 3.71. The van der Waals surface area contributed by atoms with Crippen LogP contribution in [0, 0.1) is 0 Å². The van der Waals surface area contributed by atoms with Crippen LogP contribution in [-0.2, 0) is 0 Å². The molecule has 4 aromatic rings. The van der Waals surface area contributed by atoms with Crippen molar-refractivity contribution in [1.29, 1.82) is 0 Å². The molecule has 0 bridgehead atoms. The smallest absolute Gasteiger partial charge is 0.181 e. The van der Waals surface area contributed by atoms with Crippen molar-refractivity contribution in [1.82, 2.24) is 30.1 Å². The lowest BCUT2D eigenvalue weighted by atomic mass is 10.2. The van der Waals surface area contributed by atoms with Crippen LogP contribution in [-0.4, -0.2) is 37.2 Å². The van der Waals surface area contributed by atoms with Crippen LogP contribution >= 0.6 is 0 Å². The molecule has 3 aromatic heterocycles. The van der Waals surface area contributed by atoms with E-state index in [9.17, 15) is 0 Å². The van der Waals surface area contributed by atoms with Gasteiger partial charge in [0.15, 0.2) is 23.2 Å². The summed E-state index contributed by atoms with van der Waals surface area (Å²) in [5, 5.41) is 10.3. The number of H-pyrrole nitrogens is 1. The second-order valence-electron chi connectivity index (χ2n) is 5.32. The molecular weight excluding hydrogens is 314 g/mol. The van der Waals surface area contributed by atoms with Crippen LogP contribution in [0.4, 0.5) is 5.82 Å². The summed E-state index contributed by atoms with van der Waals surface area (Å²) in [6, 6.07) is 13.6. The molecule has 0 aliphatic carbocycles. The molecule has 4 rings (SSSR count). The van der Waals surface area contributed by atoms with Crippen LogP contribution in [0.15, 0.2) is 61.1 Å². The van der Waals surface area contributed by atoms with Gasteiger partial charge in [-0.05, 0) is 12.1 Å². The minimum atomic E-state index is 0.557. The maximum Gasteiger partial charge on any atom is 0.181 e. The summed E-state index contributed by atoms with van der Waals surface area (Å²) < 4.78 is 0. The van der Waals surface area contributed by atoms with Gasteiger partial charge in [0.25, 0.3) is 0 Å². The summed E-state index contributed by atoms with van der Waals surface area (Å²) in [5.74, 6) is 1.80. The Morgan fingerprint density at radius 2 is 1.76 bits per heavy atom. The number of aromatic amines is 1. The Balaban J connectivity index is 1.78. The first-order valence-electron chi connectivity index (χ1n) is 7.78. The maximum atomic E-state index is 4.69. The van der Waals surface area contributed by atoms with E-state index in [0.717, 1.165) is 16.8 Å². The van der Waals surface area contributed by atoms with Gasteiger partial charge in [-0.25, -0.2) is 15.0 Å². The van der Waals surface area contributed by atoms with Crippen LogP contribution in [0.2, 0.25) is 0 Å². The number of benzene rings is 1. The van der Waals surface area contributed by atoms with E-state index in [4.69, 9.17) is 4.98 Å². The van der Waals surface area contributed by atoms with Crippen molar-refractivity contribution < 1.29 is 0 Å². The molecule has 7 nitrogen and oxygen atoms in total. The fourth-order valence-corrected chi connectivity index (χ4v) is 2.47. The van der Waals surface area contributed by atoms with E-state index in [2.05, 4.69) is 30.5 Å². The highest BCUT2D eigenvalue weighted by atomic mass is 15.2. The number of nitrogens with zero attached hydrogens (tertiary/aromatic N) is 5. The molecule has 1 aromatic carbocycles. The van der Waals surface area contributed by atoms with Crippen molar-refractivity contribution in [3.05, 3.63) is 61.1 Å². The van der Waals surface area contributed by atoms with Gasteiger partial charge >= 0.3 is 0 Å². The highest BCUT2D eigenvalue weighted by molar-refractivity contribution is 5.71. The predicted octanol–water partition coefficient (Wildman–Crippen LogP) is 3.03. The molecule has 2 N–H and O–H groups in total. The fourth-order valence-electron chi connectivity index (χ4n) is 2.47. The molecule has 0 spiro atoms. The van der Waals surface area contributed by atoms with E-state index in [0.29, 0.717) is 23.2 Å². The largest absolute Gasteiger partial charge is 0.371 e. The van der Waals surface area contributed by atoms with Gasteiger partial charge in [0.2, 0.25) is 0 Å². The van der Waals surface area contributed by atoms with Crippen molar-refractivity contribution in [2.45, 2.75) is 0 Å². The molecule has 0 saturated heterocycles. The Labute approximate surface area is 144 Å². The van der Waals surface area contributed by atoms with E-state index < -0.39 is 0 Å². The lowest BCUT2D eigenvalue weighted by Gasteiger charge is -2.07. The first kappa shape index (κ1) is 14.9. The number of rotatable bonds is 4. The molecule has 7 heteroatoms. The molecule has 3 heterocycles. The van der Waals surface area contributed by atoms with Crippen LogP contribution in [0.25, 0.3) is 34.2 Å². The summed E-state index contributed by atoms with van der Waals surface area (Å²) in [6.45, 7) is 0. The third-order valence-electron chi connectivity index (χ3n) is 3.71. The van der Waals surface area contributed by atoms with Gasteiger partial charge in [-0.3, -0.25) is 10.1 Å². The second-order valence-corrected chi connectivity index (χ2v) is 5.32. The average Bonchev–Trinajstić information content (AvgIpc) is 3.19. The number of pyridine rings is 1. The molecule has 0 atom stereocenters. The second kappa shape index (κ2) is 6.48. The molecule has 0 aliphatic rings. The number of anilines is 1. The Bertz CT molecular complexity index is 981. The van der Waals surface area contributed by atoms with Gasteiger partial charge in [0.1, 0.15) is 0 Å². The number of hydrogen-bond donors (Lipinski definition) is 2. The van der Waals surface area contributed by atoms with Gasteiger partial charge in [0.05, 0.1) is 11.9 Å². The van der Waals surface area contributed by atoms with Gasteiger partial charge in [0, 0.05) is 30.6 Å². The fraction of sp³-hybridized carbons (Fsp3) is 0.0556. The van der Waals surface area contributed by atoms with Crippen LogP contribution < -0.4 is 5.32 Å². The lowest BCUT2D eigenvalue weighted by Crippen LogP contribution is -2.01. The van der Waals surface area contributed by atoms with Crippen molar-refractivity contribution in [2.75, 3.05) is 12.4 Å². The summed E-state index contributed by atoms with van der Waals surface area (Å²) in [5.41, 5.74) is 3.16. The average molecular weight is 329 g/mol. The Hall–Kier alpha value is -3.61. The molecule has 0 aliphatic heterocycles. The highest BCUT2D eigenvalue weighted by Crippen LogP contribution is 2.26. The number of nitrogens with one attached hydrogen (secondary N) is 2. The molecule has 0 amide bonds. The van der Waals surface area contributed by atoms with E-state index in [1.807, 2.05) is 42.5 Å². The molecule has 0 saturated carbocycles. The Morgan fingerprint density at radius 3 is 2.52 bits per heavy atom. The van der Waals surface area contributed by atoms with Gasteiger partial charge < -0.3 is 5.32 Å². The molecule has 0 fully saturated rings. The summed E-state index contributed by atoms with van der Waals surface area (Å²) in [4.78, 5) is 17.8. The highest BCUT2D eigenvalue weighted by Gasteiger charge is 2.15. The Kier molecular flexibility index (Phi) is 3.88. The lowest BCUT2D eigenvalue weighted by molar-refractivity contribution is 1.08. The molecule has 25 heavy (non-hydrogen) atoms. The minimum absolute atomic E-state index is 0.557. The Morgan fingerprint density at radius 1 is 0.920 bits per heavy atom. The van der Waals surface area contributed by atoms with Crippen molar-refractivity contribution in [2.24, 2.45) is 0 Å². The van der Waals surface area contributed by atoms with Crippen LogP contribution in [0.5, 0.6) is 0 Å². The summed E-state index contributed by atoms with van der Waals surface area (Å²) in [7, 11) is 1.80. The SMILES string of the molecule is CNc1ncc(-c2cccnc2)nc1-c1nc(-c2ccccc2)n[nH]1. The monoisotopic (exact) mass is 329 g/mol. The van der Waals surface area contributed by atoms with Crippen molar-refractivity contribution >= 4 is 5.82 Å². The van der Waals surface area contributed by atoms with Crippen molar-refractivity contribution in [3.8, 4) is 34.2 Å². The molecular formula is C18H15N7. The van der Waals surface area contributed by atoms with E-state index >= 15 is 0 Å². The third kappa shape index (κ3) is 2.94. The maximum absolute atomic E-state index is 4.69. The first-order valence-corrected chi connectivity index (χ1v) is 7.78. The molecule has 0 unspecified atom stereocenters. The quantitative estimate of drug-likeness (QED) is 0.598. The summed E-state index contributed by atoms with van der Waals surface area (Å²) >= 11 is 0. The van der Waals surface area contributed by atoms with E-state index in [1.54, 1.807) is 25.6 Å². The van der Waals surface area contributed by atoms with E-state index in [-0.39, 0.29) is 0 Å². The molecule has 0 radical (unpaired) electrons. The summed E-state index contributed by atoms with van der Waals surface area (Å²) in [6.07, 6.45) is 5.19. The van der Waals surface area contributed by atoms with Crippen molar-refractivity contribution in [3.63, 3.8) is 0 Å². The standard InChI is InChI=1S/C18H15N7/c1-19-17-15(22-14(11-21-17)13-8-5-9-20-10-13)18-23-16(24-25-18)12-6-3-2-4-7-12/h2-11H,1H3,(H,19,21)(H,23,24,25). The normalized spacial score (nSPS) is 10.6. The van der Waals surface area contributed by atoms with Crippen LogP contribution in [0.1, 0.15) is 0 Å². The van der Waals surface area contributed by atoms with Gasteiger partial charge in [-0.1, -0.05) is 30.3 Å². The molecule has 122 valence electrons.